The predicted molar refractivity (Wildman–Crippen MR) is 250 cm³/mol. The first-order valence-electron chi connectivity index (χ1n) is 23.8. The Bertz CT molecular complexity index is 1690. The van der Waals surface area contributed by atoms with Crippen LogP contribution in [0.3, 0.4) is 0 Å². The minimum atomic E-state index is -1.70. The van der Waals surface area contributed by atoms with E-state index < -0.39 is 144 Å². The fraction of sp³-hybridized carbons (Fsp3) is 0.783. The molecule has 10 unspecified atom stereocenters. The molecule has 1 aliphatic rings. The largest absolute Gasteiger partial charge is 0.462 e. The molecule has 5 amide bonds. The number of primary amides is 1. The first kappa shape index (κ1) is 59.8. The number of guanidine groups is 1. The molecule has 67 heavy (non-hydrogen) atoms. The number of rotatable bonds is 24. The number of Topliss-reactive ketones (excluding diaryl/α,β-unsaturated/α-hetero) is 2. The number of carbonyl (C=O) groups excluding carboxylic acids is 9. The van der Waals surface area contributed by atoms with Crippen LogP contribution < -0.4 is 44.2 Å². The summed E-state index contributed by atoms with van der Waals surface area (Å²) in [7, 11) is 0. The van der Waals surface area contributed by atoms with E-state index in [0.717, 1.165) is 57.8 Å². The highest BCUT2D eigenvalue weighted by Crippen LogP contribution is 2.22. The number of carbonyl (C=O) groups is 9. The van der Waals surface area contributed by atoms with Crippen molar-refractivity contribution >= 4 is 59.0 Å². The van der Waals surface area contributed by atoms with Crippen molar-refractivity contribution in [2.24, 2.45) is 51.6 Å². The van der Waals surface area contributed by atoms with E-state index in [1.165, 1.54) is 27.7 Å². The van der Waals surface area contributed by atoms with Gasteiger partial charge in [0, 0.05) is 25.8 Å². The monoisotopic (exact) mass is 952 g/mol. The lowest BCUT2D eigenvalue weighted by Gasteiger charge is -2.31. The molecule has 0 aromatic carbocycles. The minimum Gasteiger partial charge on any atom is -0.462 e. The molecule has 1 heterocycles. The molecule has 1 saturated heterocycles. The number of aliphatic imine (C=N–C) groups is 1. The number of nitrogens with two attached hydrogens (primary N) is 4. The number of cyclic esters (lactones) is 1. The van der Waals surface area contributed by atoms with Gasteiger partial charge in [-0.1, -0.05) is 92.4 Å². The van der Waals surface area contributed by atoms with E-state index in [9.17, 15) is 48.3 Å². The third-order valence-electron chi connectivity index (χ3n) is 11.6. The summed E-state index contributed by atoms with van der Waals surface area (Å²) in [5.74, 6) is -11.4. The highest BCUT2D eigenvalue weighted by molar-refractivity contribution is 5.98. The minimum absolute atomic E-state index is 0.112. The Morgan fingerprint density at radius 2 is 1.18 bits per heavy atom. The van der Waals surface area contributed by atoms with Crippen LogP contribution in [-0.2, 0) is 52.6 Å². The summed E-state index contributed by atoms with van der Waals surface area (Å²) in [5, 5.41) is 21.0. The summed E-state index contributed by atoms with van der Waals surface area (Å²) in [4.78, 5) is 125. The lowest BCUT2D eigenvalue weighted by molar-refractivity contribution is -0.159. The van der Waals surface area contributed by atoms with Crippen molar-refractivity contribution in [3.8, 4) is 0 Å². The molecule has 0 radical (unpaired) electrons. The maximum Gasteiger partial charge on any atom is 0.322 e. The van der Waals surface area contributed by atoms with Gasteiger partial charge in [-0.15, -0.1) is 0 Å². The van der Waals surface area contributed by atoms with E-state index in [-0.39, 0.29) is 12.4 Å². The van der Waals surface area contributed by atoms with Gasteiger partial charge in [-0.2, -0.15) is 0 Å². The van der Waals surface area contributed by atoms with Crippen molar-refractivity contribution in [3.63, 3.8) is 0 Å². The summed E-state index contributed by atoms with van der Waals surface area (Å²) in [6.45, 7) is 12.5. The summed E-state index contributed by atoms with van der Waals surface area (Å²) in [6.07, 6.45) is 4.80. The lowest BCUT2D eigenvalue weighted by atomic mass is 9.91. The van der Waals surface area contributed by atoms with Crippen LogP contribution in [0.2, 0.25) is 0 Å². The van der Waals surface area contributed by atoms with Crippen LogP contribution in [0.5, 0.6) is 0 Å². The lowest BCUT2D eigenvalue weighted by Crippen LogP contribution is -2.62. The topological polar surface area (TPSA) is 357 Å². The molecule has 21 heteroatoms. The average molecular weight is 952 g/mol. The number of hydrogen-bond acceptors (Lipinski definition) is 14. The van der Waals surface area contributed by atoms with Crippen LogP contribution in [0, 0.1) is 23.7 Å². The van der Waals surface area contributed by atoms with Crippen molar-refractivity contribution in [2.45, 2.75) is 200 Å². The van der Waals surface area contributed by atoms with Crippen molar-refractivity contribution in [1.29, 1.82) is 0 Å². The van der Waals surface area contributed by atoms with Crippen LogP contribution in [0.4, 0.5) is 0 Å². The zero-order chi connectivity index (χ0) is 51.0. The SMILES string of the molecule is CC(N)C(=O)OC(C)C1NC(=O)C(C(C)C)NC(=O)C(C(C)C)NC(=O)C(CC(=O)CC(O)CCCCCCCCCCCCN=C(N)N)C(C)OC(=O)C(C)CC(=O)C(CC(N)=O)NC1=O. The molecule has 0 aliphatic carbocycles. The Morgan fingerprint density at radius 1 is 0.701 bits per heavy atom. The molecule has 0 saturated carbocycles. The zero-order valence-corrected chi connectivity index (χ0v) is 40.9. The van der Waals surface area contributed by atoms with Crippen molar-refractivity contribution < 1.29 is 57.7 Å². The summed E-state index contributed by atoms with van der Waals surface area (Å²) in [6, 6.07) is -7.06. The van der Waals surface area contributed by atoms with E-state index in [2.05, 4.69) is 26.3 Å². The molecule has 0 aromatic rings. The third kappa shape index (κ3) is 23.4. The first-order valence-corrected chi connectivity index (χ1v) is 23.8. The highest BCUT2D eigenvalue weighted by Gasteiger charge is 2.40. The fourth-order valence-electron chi connectivity index (χ4n) is 7.47. The standard InChI is InChI=1S/C46H81N9O12/c1-25(2)37-41(61)54-38(26(3)4)42(62)55-39(30(8)67-45(65)28(6)47)43(63)52-34(24-36(48)59)35(58)21-27(5)44(64)66-29(7)33(40(60)53-37)23-32(57)22-31(56)19-17-15-13-11-9-10-12-14-16-18-20-51-46(49)50/h25-31,33-34,37-39,56H,9-24,47H2,1-8H3,(H2,48,59)(H,52,63)(H,53,60)(H,54,61)(H,55,62)(H4,49,50,51). The molecular weight excluding hydrogens is 871 g/mol. The van der Waals surface area contributed by atoms with Crippen molar-refractivity contribution in [1.82, 2.24) is 21.3 Å². The van der Waals surface area contributed by atoms with Gasteiger partial charge in [0.2, 0.25) is 29.5 Å². The van der Waals surface area contributed by atoms with E-state index >= 15 is 0 Å². The van der Waals surface area contributed by atoms with Gasteiger partial charge in [0.15, 0.2) is 11.7 Å². The van der Waals surface area contributed by atoms with Crippen LogP contribution in [0.15, 0.2) is 4.99 Å². The van der Waals surface area contributed by atoms with Gasteiger partial charge in [-0.05, 0) is 45.4 Å². The van der Waals surface area contributed by atoms with Crippen molar-refractivity contribution in [2.75, 3.05) is 6.54 Å². The second kappa shape index (κ2) is 31.0. The molecular formula is C46H81N9O12. The van der Waals surface area contributed by atoms with Crippen LogP contribution in [-0.4, -0.2) is 119 Å². The van der Waals surface area contributed by atoms with Gasteiger partial charge in [-0.3, -0.25) is 48.1 Å². The van der Waals surface area contributed by atoms with E-state index in [1.54, 1.807) is 27.7 Å². The second-order valence-electron chi connectivity index (χ2n) is 18.7. The van der Waals surface area contributed by atoms with Gasteiger partial charge in [0.1, 0.15) is 42.2 Å². The maximum atomic E-state index is 14.1. The molecule has 21 nitrogen and oxygen atoms in total. The Morgan fingerprint density at radius 3 is 1.67 bits per heavy atom. The quantitative estimate of drug-likeness (QED) is 0.0280. The Balaban J connectivity index is 3.32. The molecule has 10 atom stereocenters. The molecule has 0 aromatic heterocycles. The number of ketones is 2. The van der Waals surface area contributed by atoms with Gasteiger partial charge < -0.3 is 58.8 Å². The molecule has 13 N–H and O–H groups in total. The van der Waals surface area contributed by atoms with Crippen molar-refractivity contribution in [3.05, 3.63) is 0 Å². The zero-order valence-electron chi connectivity index (χ0n) is 40.9. The average Bonchev–Trinajstić information content (AvgIpc) is 3.22. The molecule has 1 fully saturated rings. The molecule has 1 rings (SSSR count). The molecule has 1 aliphatic heterocycles. The van der Waals surface area contributed by atoms with E-state index in [0.29, 0.717) is 19.4 Å². The fourth-order valence-corrected chi connectivity index (χ4v) is 7.47. The third-order valence-corrected chi connectivity index (χ3v) is 11.6. The Hall–Kier alpha value is -5.18. The first-order chi connectivity index (χ1) is 31.3. The van der Waals surface area contributed by atoms with Crippen LogP contribution in [0.1, 0.15) is 152 Å². The number of nitrogens with zero attached hydrogens (tertiary/aromatic N) is 1. The normalized spacial score (nSPS) is 24.1. The Kier molecular flexibility index (Phi) is 27.7. The predicted octanol–water partition coefficient (Wildman–Crippen LogP) is 0.823. The summed E-state index contributed by atoms with van der Waals surface area (Å²) < 4.78 is 11.0. The van der Waals surface area contributed by atoms with Crippen LogP contribution in [0.25, 0.3) is 0 Å². The smallest absolute Gasteiger partial charge is 0.322 e. The van der Waals surface area contributed by atoms with Gasteiger partial charge in [-0.25, -0.2) is 0 Å². The number of esters is 2. The number of aliphatic hydroxyl groups excluding tert-OH is 1. The van der Waals surface area contributed by atoms with E-state index in [4.69, 9.17) is 32.4 Å². The number of hydrogen-bond donors (Lipinski definition) is 9. The number of ether oxygens (including phenoxy) is 2. The number of aliphatic hydroxyl groups is 1. The second-order valence-corrected chi connectivity index (χ2v) is 18.7. The highest BCUT2D eigenvalue weighted by atomic mass is 16.5. The van der Waals surface area contributed by atoms with E-state index in [1.807, 2.05) is 0 Å². The number of nitrogens with one attached hydrogen (secondary N) is 4. The maximum absolute atomic E-state index is 14.1. The molecule has 0 bridgehead atoms. The molecule has 0 spiro atoms. The number of amides is 5. The van der Waals surface area contributed by atoms with Gasteiger partial charge >= 0.3 is 11.9 Å². The number of unbranched alkanes of at least 4 members (excludes halogenated alkanes) is 9. The Labute approximate surface area is 395 Å². The molecule has 382 valence electrons. The summed E-state index contributed by atoms with van der Waals surface area (Å²) >= 11 is 0. The van der Waals surface area contributed by atoms with Gasteiger partial charge in [0.05, 0.1) is 30.4 Å². The van der Waals surface area contributed by atoms with Crippen LogP contribution >= 0.6 is 0 Å². The van der Waals surface area contributed by atoms with Gasteiger partial charge in [0.25, 0.3) is 0 Å². The summed E-state index contributed by atoms with van der Waals surface area (Å²) in [5.41, 5.74) is 21.8.